The number of ether oxygens (including phenoxy) is 1. The van der Waals surface area contributed by atoms with E-state index in [1.54, 1.807) is 18.0 Å². The molecule has 0 spiro atoms. The number of carbonyl (C=O) groups excluding carboxylic acids is 1. The number of hydrogen-bond donors (Lipinski definition) is 1. The van der Waals surface area contributed by atoms with Gasteiger partial charge >= 0.3 is 0 Å². The first-order chi connectivity index (χ1) is 15.5. The van der Waals surface area contributed by atoms with Gasteiger partial charge in [-0.15, -0.1) is 5.10 Å². The van der Waals surface area contributed by atoms with Crippen LogP contribution in [0.3, 0.4) is 0 Å². The van der Waals surface area contributed by atoms with Crippen LogP contribution in [0.1, 0.15) is 29.2 Å². The summed E-state index contributed by atoms with van der Waals surface area (Å²) in [6.07, 6.45) is 1.93. The third kappa shape index (κ3) is 3.54. The Morgan fingerprint density at radius 3 is 2.84 bits per heavy atom. The van der Waals surface area contributed by atoms with Crippen LogP contribution in [0.2, 0.25) is 0 Å². The maximum absolute atomic E-state index is 12.6. The Kier molecular flexibility index (Phi) is 5.18. The zero-order valence-corrected chi connectivity index (χ0v) is 19.0. The Labute approximate surface area is 192 Å². The maximum Gasteiger partial charge on any atom is 0.272 e. The van der Waals surface area contributed by atoms with Gasteiger partial charge in [0.25, 0.3) is 5.95 Å². The van der Waals surface area contributed by atoms with Crippen LogP contribution < -0.4 is 10.1 Å². The van der Waals surface area contributed by atoms with Crippen molar-refractivity contribution >= 4 is 27.7 Å². The van der Waals surface area contributed by atoms with E-state index in [0.717, 1.165) is 32.6 Å². The number of nitrogens with one attached hydrogen (secondary N) is 1. The molecule has 0 saturated heterocycles. The molecule has 0 aliphatic carbocycles. The first kappa shape index (κ1) is 20.3. The zero-order valence-electron chi connectivity index (χ0n) is 17.4. The molecule has 3 heterocycles. The minimum absolute atomic E-state index is 0.0867. The summed E-state index contributed by atoms with van der Waals surface area (Å²) in [6, 6.07) is 15.5. The molecule has 1 atom stereocenters. The van der Waals surface area contributed by atoms with E-state index in [1.165, 1.54) is 0 Å². The molecule has 0 radical (unpaired) electrons. The van der Waals surface area contributed by atoms with E-state index < -0.39 is 0 Å². The van der Waals surface area contributed by atoms with Crippen molar-refractivity contribution in [3.05, 3.63) is 76.0 Å². The smallest absolute Gasteiger partial charge is 0.272 e. The quantitative estimate of drug-likeness (QED) is 0.458. The second-order valence-electron chi connectivity index (χ2n) is 7.46. The van der Waals surface area contributed by atoms with Gasteiger partial charge in [-0.3, -0.25) is 4.79 Å². The van der Waals surface area contributed by atoms with Gasteiger partial charge in [0.1, 0.15) is 11.6 Å². The van der Waals surface area contributed by atoms with Crippen molar-refractivity contribution in [1.29, 1.82) is 0 Å². The molecule has 1 amide bonds. The van der Waals surface area contributed by atoms with Gasteiger partial charge in [-0.25, -0.2) is 4.98 Å². The van der Waals surface area contributed by atoms with Gasteiger partial charge in [0.2, 0.25) is 5.91 Å². The highest BCUT2D eigenvalue weighted by Gasteiger charge is 2.34. The lowest BCUT2D eigenvalue weighted by Gasteiger charge is -2.24. The van der Waals surface area contributed by atoms with Crippen LogP contribution in [-0.2, 0) is 4.79 Å². The molecule has 0 bridgehead atoms. The minimum atomic E-state index is -0.127. The van der Waals surface area contributed by atoms with Gasteiger partial charge in [-0.05, 0) is 30.7 Å². The lowest BCUT2D eigenvalue weighted by Crippen LogP contribution is -2.25. The molecular weight excluding hydrogens is 472 g/mol. The van der Waals surface area contributed by atoms with Crippen LogP contribution in [-0.4, -0.2) is 38.0 Å². The number of aryl methyl sites for hydroxylation is 1. The van der Waals surface area contributed by atoms with E-state index in [4.69, 9.17) is 4.74 Å². The monoisotopic (exact) mass is 490 g/mol. The lowest BCUT2D eigenvalue weighted by atomic mass is 9.86. The van der Waals surface area contributed by atoms with Crippen molar-refractivity contribution < 1.29 is 9.53 Å². The highest BCUT2D eigenvalue weighted by molar-refractivity contribution is 9.10. The molecule has 8 nitrogen and oxygen atoms in total. The summed E-state index contributed by atoms with van der Waals surface area (Å²) in [6.45, 7) is 1.93. The number of fused-ring (bicyclic) bond motifs is 1. The van der Waals surface area contributed by atoms with E-state index in [9.17, 15) is 4.79 Å². The molecule has 1 aliphatic heterocycles. The Morgan fingerprint density at radius 2 is 2.03 bits per heavy atom. The second-order valence-corrected chi connectivity index (χ2v) is 8.31. The van der Waals surface area contributed by atoms with Gasteiger partial charge in [-0.2, -0.15) is 14.9 Å². The number of rotatable bonds is 4. The number of aromatic nitrogens is 5. The largest absolute Gasteiger partial charge is 0.497 e. The van der Waals surface area contributed by atoms with Crippen molar-refractivity contribution in [2.24, 2.45) is 0 Å². The highest BCUT2D eigenvalue weighted by Crippen LogP contribution is 2.42. The second kappa shape index (κ2) is 8.16. The number of methoxy groups -OCH3 is 1. The van der Waals surface area contributed by atoms with Crippen molar-refractivity contribution in [3.8, 4) is 23.0 Å². The summed E-state index contributed by atoms with van der Waals surface area (Å²) in [5.74, 6) is 1.36. The summed E-state index contributed by atoms with van der Waals surface area (Å²) < 4.78 is 7.82. The molecule has 0 unspecified atom stereocenters. The average molecular weight is 491 g/mol. The van der Waals surface area contributed by atoms with Crippen LogP contribution in [0.5, 0.6) is 5.75 Å². The molecule has 32 heavy (non-hydrogen) atoms. The molecule has 0 saturated carbocycles. The number of anilines is 1. The molecule has 9 heteroatoms. The first-order valence-corrected chi connectivity index (χ1v) is 10.8. The fraction of sp³-hybridized carbons (Fsp3) is 0.174. The van der Waals surface area contributed by atoms with Crippen molar-refractivity contribution in [3.63, 3.8) is 0 Å². The fourth-order valence-corrected chi connectivity index (χ4v) is 4.58. The molecular formula is C23H19BrN6O2. The van der Waals surface area contributed by atoms with Gasteiger partial charge in [0.05, 0.1) is 24.7 Å². The summed E-state index contributed by atoms with van der Waals surface area (Å²) in [5.41, 5.74) is 4.26. The first-order valence-electron chi connectivity index (χ1n) is 10.0. The molecule has 2 aromatic heterocycles. The Balaban J connectivity index is 1.62. The van der Waals surface area contributed by atoms with Gasteiger partial charge in [0, 0.05) is 27.9 Å². The Hall–Kier alpha value is -3.59. The Morgan fingerprint density at radius 1 is 1.19 bits per heavy atom. The number of halogens is 1. The van der Waals surface area contributed by atoms with E-state index in [-0.39, 0.29) is 17.8 Å². The van der Waals surface area contributed by atoms with Crippen molar-refractivity contribution in [1.82, 2.24) is 25.0 Å². The average Bonchev–Trinajstić information content (AvgIpc) is 3.15. The van der Waals surface area contributed by atoms with Crippen molar-refractivity contribution in [2.75, 3.05) is 12.4 Å². The standard InChI is InChI=1S/C23H19BrN6O2/c1-13-21-17(16-8-3-4-9-18(16)24)11-20(31)27-22(21)30(29-13)23-26-19(12-25-28-23)14-6-5-7-15(10-14)32-2/h3-10,12,17H,11H2,1-2H3,(H,27,31)/t17-/m1/s1. The highest BCUT2D eigenvalue weighted by atomic mass is 79.9. The third-order valence-electron chi connectivity index (χ3n) is 5.49. The van der Waals surface area contributed by atoms with E-state index in [2.05, 4.69) is 41.5 Å². The van der Waals surface area contributed by atoms with Crippen LogP contribution in [0, 0.1) is 6.92 Å². The molecule has 160 valence electrons. The number of nitrogens with zero attached hydrogens (tertiary/aromatic N) is 5. The van der Waals surface area contributed by atoms with Crippen LogP contribution in [0.4, 0.5) is 5.82 Å². The predicted octanol–water partition coefficient (Wildman–Crippen LogP) is 4.28. The van der Waals surface area contributed by atoms with E-state index >= 15 is 0 Å². The van der Waals surface area contributed by atoms with E-state index in [1.807, 2.05) is 55.5 Å². The number of benzene rings is 2. The molecule has 1 aliphatic rings. The van der Waals surface area contributed by atoms with Gasteiger partial charge in [-0.1, -0.05) is 46.3 Å². The summed E-state index contributed by atoms with van der Waals surface area (Å²) >= 11 is 3.62. The third-order valence-corrected chi connectivity index (χ3v) is 6.21. The van der Waals surface area contributed by atoms with Gasteiger partial charge in [0.15, 0.2) is 0 Å². The summed E-state index contributed by atoms with van der Waals surface area (Å²) in [4.78, 5) is 17.3. The van der Waals surface area contributed by atoms with Gasteiger partial charge < -0.3 is 10.1 Å². The number of amides is 1. The molecule has 2 aromatic carbocycles. The molecule has 5 rings (SSSR count). The predicted molar refractivity (Wildman–Crippen MR) is 123 cm³/mol. The van der Waals surface area contributed by atoms with Crippen LogP contribution in [0.15, 0.2) is 59.2 Å². The Bertz CT molecular complexity index is 1340. The SMILES string of the molecule is COc1cccc(-c2cnnc(-n3nc(C)c4c3NC(=O)C[C@@H]4c3ccccc3Br)n2)c1. The zero-order chi connectivity index (χ0) is 22.2. The van der Waals surface area contributed by atoms with Crippen molar-refractivity contribution in [2.45, 2.75) is 19.3 Å². The number of hydrogen-bond acceptors (Lipinski definition) is 6. The van der Waals surface area contributed by atoms with Crippen LogP contribution >= 0.6 is 15.9 Å². The minimum Gasteiger partial charge on any atom is -0.497 e. The number of carbonyl (C=O) groups is 1. The summed E-state index contributed by atoms with van der Waals surface area (Å²) in [7, 11) is 1.62. The van der Waals surface area contributed by atoms with E-state index in [0.29, 0.717) is 17.9 Å². The maximum atomic E-state index is 12.6. The fourth-order valence-electron chi connectivity index (χ4n) is 4.02. The normalized spacial score (nSPS) is 15.2. The molecule has 0 fully saturated rings. The lowest BCUT2D eigenvalue weighted by molar-refractivity contribution is -0.116. The van der Waals surface area contributed by atoms with Crippen LogP contribution in [0.25, 0.3) is 17.2 Å². The molecule has 1 N–H and O–H groups in total. The molecule has 4 aromatic rings. The topological polar surface area (TPSA) is 94.8 Å². The summed E-state index contributed by atoms with van der Waals surface area (Å²) in [5, 5.41) is 15.9.